The molecule has 2 N–H and O–H groups in total. The summed E-state index contributed by atoms with van der Waals surface area (Å²) in [5, 5.41) is 11.1. The Bertz CT molecular complexity index is 587. The largest absolute Gasteiger partial charge is 0.474 e. The molecule has 1 amide bonds. The van der Waals surface area contributed by atoms with Gasteiger partial charge in [0.05, 0.1) is 11.7 Å². The summed E-state index contributed by atoms with van der Waals surface area (Å²) in [6.07, 6.45) is 3.61. The van der Waals surface area contributed by atoms with Crippen molar-refractivity contribution in [1.29, 1.82) is 0 Å². The molecule has 0 aromatic carbocycles. The second-order valence-electron chi connectivity index (χ2n) is 4.11. The number of rotatable bonds is 4. The summed E-state index contributed by atoms with van der Waals surface area (Å²) in [4.78, 5) is 30.4. The Hall–Kier alpha value is -2.76. The van der Waals surface area contributed by atoms with Crippen LogP contribution in [-0.4, -0.2) is 27.0 Å². The predicted molar refractivity (Wildman–Crippen MR) is 70.7 cm³/mol. The van der Waals surface area contributed by atoms with Gasteiger partial charge in [-0.3, -0.25) is 14.8 Å². The van der Waals surface area contributed by atoms with Gasteiger partial charge in [0.1, 0.15) is 0 Å². The van der Waals surface area contributed by atoms with Crippen LogP contribution in [0.4, 0.5) is 0 Å². The second-order valence-corrected chi connectivity index (χ2v) is 4.11. The highest BCUT2D eigenvalue weighted by Gasteiger charge is 2.20. The van der Waals surface area contributed by atoms with E-state index < -0.39 is 17.9 Å². The quantitative estimate of drug-likeness (QED) is 0.808. The molecule has 0 radical (unpaired) electrons. The van der Waals surface area contributed by atoms with Gasteiger partial charge in [-0.15, -0.1) is 0 Å². The Morgan fingerprint density at radius 3 is 2.35 bits per heavy atom. The molecule has 6 nitrogen and oxygen atoms in total. The molecule has 0 saturated carbocycles. The highest BCUT2D eigenvalue weighted by molar-refractivity contribution is 6.31. The van der Waals surface area contributed by atoms with Crippen LogP contribution in [0.25, 0.3) is 0 Å². The number of aromatic nitrogens is 2. The van der Waals surface area contributed by atoms with Crippen molar-refractivity contribution in [3.05, 3.63) is 60.2 Å². The Morgan fingerprint density at radius 1 is 1.10 bits per heavy atom. The van der Waals surface area contributed by atoms with Crippen LogP contribution in [0, 0.1) is 0 Å². The van der Waals surface area contributed by atoms with E-state index in [1.54, 1.807) is 36.7 Å². The first kappa shape index (κ1) is 13.7. The number of hydrogen-bond donors (Lipinski definition) is 2. The molecular formula is C14H13N3O3. The number of pyridine rings is 2. The minimum absolute atomic E-state index is 0.372. The molecule has 0 aliphatic heterocycles. The molecule has 102 valence electrons. The van der Waals surface area contributed by atoms with Crippen LogP contribution in [0.2, 0.25) is 0 Å². The van der Waals surface area contributed by atoms with Crippen molar-refractivity contribution in [2.24, 2.45) is 0 Å². The molecule has 1 unspecified atom stereocenters. The molecular weight excluding hydrogens is 258 g/mol. The molecule has 2 aromatic rings. The number of hydrogen-bond acceptors (Lipinski definition) is 4. The first-order valence-corrected chi connectivity index (χ1v) is 6.01. The smallest absolute Gasteiger partial charge is 0.394 e. The molecule has 1 atom stereocenters. The first-order chi connectivity index (χ1) is 9.66. The maximum Gasteiger partial charge on any atom is 0.394 e. The summed E-state index contributed by atoms with van der Waals surface area (Å²) in [5.41, 5.74) is 1.33. The summed E-state index contributed by atoms with van der Waals surface area (Å²) in [6.45, 7) is 0. The fraction of sp³-hybridized carbons (Fsp3) is 0.143. The highest BCUT2D eigenvalue weighted by Crippen LogP contribution is 2.15. The monoisotopic (exact) mass is 271 g/mol. The van der Waals surface area contributed by atoms with Gasteiger partial charge in [-0.25, -0.2) is 4.79 Å². The zero-order valence-corrected chi connectivity index (χ0v) is 10.6. The van der Waals surface area contributed by atoms with E-state index in [9.17, 15) is 9.59 Å². The summed E-state index contributed by atoms with van der Waals surface area (Å²) in [5.74, 6) is -2.58. The SMILES string of the molecule is O=C(O)C(=O)NC(Cc1ccccn1)c1ccccn1. The third-order valence-corrected chi connectivity index (χ3v) is 2.68. The molecule has 0 fully saturated rings. The van der Waals surface area contributed by atoms with Crippen LogP contribution in [0.1, 0.15) is 17.4 Å². The molecule has 2 heterocycles. The number of carboxylic acids is 1. The van der Waals surface area contributed by atoms with Crippen molar-refractivity contribution in [1.82, 2.24) is 15.3 Å². The van der Waals surface area contributed by atoms with Crippen molar-refractivity contribution < 1.29 is 14.7 Å². The van der Waals surface area contributed by atoms with E-state index >= 15 is 0 Å². The van der Waals surface area contributed by atoms with Crippen molar-refractivity contribution in [3.63, 3.8) is 0 Å². The number of carboxylic acid groups (broad SMARTS) is 1. The number of aliphatic carboxylic acids is 1. The van der Waals surface area contributed by atoms with E-state index in [4.69, 9.17) is 5.11 Å². The van der Waals surface area contributed by atoms with E-state index in [1.807, 2.05) is 12.1 Å². The zero-order chi connectivity index (χ0) is 14.4. The second kappa shape index (κ2) is 6.42. The van der Waals surface area contributed by atoms with E-state index in [1.165, 1.54) is 0 Å². The lowest BCUT2D eigenvalue weighted by Crippen LogP contribution is -2.35. The molecule has 2 rings (SSSR count). The van der Waals surface area contributed by atoms with E-state index in [0.717, 1.165) is 5.69 Å². The predicted octanol–water partition coefficient (Wildman–Crippen LogP) is 0.961. The molecule has 0 spiro atoms. The lowest BCUT2D eigenvalue weighted by Gasteiger charge is -2.16. The molecule has 6 heteroatoms. The van der Waals surface area contributed by atoms with Crippen LogP contribution < -0.4 is 5.32 Å². The Balaban J connectivity index is 2.20. The van der Waals surface area contributed by atoms with Crippen molar-refractivity contribution in [2.75, 3.05) is 0 Å². The van der Waals surface area contributed by atoms with Gasteiger partial charge < -0.3 is 10.4 Å². The maximum atomic E-state index is 11.4. The third kappa shape index (κ3) is 3.61. The van der Waals surface area contributed by atoms with Crippen molar-refractivity contribution in [3.8, 4) is 0 Å². The first-order valence-electron chi connectivity index (χ1n) is 6.01. The Kier molecular flexibility index (Phi) is 4.39. The van der Waals surface area contributed by atoms with Crippen molar-refractivity contribution >= 4 is 11.9 Å². The Labute approximate surface area is 115 Å². The zero-order valence-electron chi connectivity index (χ0n) is 10.6. The molecule has 0 aliphatic rings. The van der Waals surface area contributed by atoms with E-state index in [-0.39, 0.29) is 0 Å². The van der Waals surface area contributed by atoms with Gasteiger partial charge in [0.2, 0.25) is 0 Å². The molecule has 2 aromatic heterocycles. The van der Waals surface area contributed by atoms with Gasteiger partial charge in [0, 0.05) is 24.5 Å². The lowest BCUT2D eigenvalue weighted by atomic mass is 10.1. The van der Waals surface area contributed by atoms with Crippen LogP contribution in [0.3, 0.4) is 0 Å². The number of carbonyl (C=O) groups excluding carboxylic acids is 1. The molecule has 0 aliphatic carbocycles. The Morgan fingerprint density at radius 2 is 1.80 bits per heavy atom. The molecule has 0 bridgehead atoms. The van der Waals surface area contributed by atoms with Gasteiger partial charge in [0.25, 0.3) is 0 Å². The lowest BCUT2D eigenvalue weighted by molar-refractivity contribution is -0.150. The summed E-state index contributed by atoms with van der Waals surface area (Å²) < 4.78 is 0. The molecule has 20 heavy (non-hydrogen) atoms. The average Bonchev–Trinajstić information content (AvgIpc) is 2.48. The number of amides is 1. The standard InChI is InChI=1S/C14H13N3O3/c18-13(14(19)20)17-12(11-6-2-4-8-16-11)9-10-5-1-3-7-15-10/h1-8,12H,9H2,(H,17,18)(H,19,20). The van der Waals surface area contributed by atoms with Gasteiger partial charge in [-0.05, 0) is 24.3 Å². The topological polar surface area (TPSA) is 92.2 Å². The number of nitrogens with one attached hydrogen (secondary N) is 1. The van der Waals surface area contributed by atoms with E-state index in [2.05, 4.69) is 15.3 Å². The van der Waals surface area contributed by atoms with Crippen LogP contribution in [0.15, 0.2) is 48.8 Å². The summed E-state index contributed by atoms with van der Waals surface area (Å²) >= 11 is 0. The van der Waals surface area contributed by atoms with Crippen LogP contribution >= 0.6 is 0 Å². The summed E-state index contributed by atoms with van der Waals surface area (Å²) in [6, 6.07) is 10.2. The maximum absolute atomic E-state index is 11.4. The van der Waals surface area contributed by atoms with Gasteiger partial charge in [-0.2, -0.15) is 0 Å². The van der Waals surface area contributed by atoms with Crippen molar-refractivity contribution in [2.45, 2.75) is 12.5 Å². The summed E-state index contributed by atoms with van der Waals surface area (Å²) in [7, 11) is 0. The third-order valence-electron chi connectivity index (χ3n) is 2.68. The van der Waals surface area contributed by atoms with Gasteiger partial charge in [0.15, 0.2) is 0 Å². The van der Waals surface area contributed by atoms with E-state index in [0.29, 0.717) is 12.1 Å². The average molecular weight is 271 g/mol. The number of nitrogens with zero attached hydrogens (tertiary/aromatic N) is 2. The normalized spacial score (nSPS) is 11.6. The highest BCUT2D eigenvalue weighted by atomic mass is 16.4. The van der Waals surface area contributed by atoms with Gasteiger partial charge >= 0.3 is 11.9 Å². The van der Waals surface area contributed by atoms with Crippen LogP contribution in [-0.2, 0) is 16.0 Å². The van der Waals surface area contributed by atoms with Gasteiger partial charge in [-0.1, -0.05) is 12.1 Å². The number of carbonyl (C=O) groups is 2. The molecule has 0 saturated heterocycles. The van der Waals surface area contributed by atoms with Crippen LogP contribution in [0.5, 0.6) is 0 Å². The minimum Gasteiger partial charge on any atom is -0.474 e. The minimum atomic E-state index is -1.52. The fourth-order valence-corrected chi connectivity index (χ4v) is 1.76. The fourth-order valence-electron chi connectivity index (χ4n) is 1.76.